The first kappa shape index (κ1) is 41.5. The van der Waals surface area contributed by atoms with Crippen LogP contribution in [-0.4, -0.2) is 11.3 Å². The molecule has 51 heavy (non-hydrogen) atoms. The molecule has 4 aromatic rings. The van der Waals surface area contributed by atoms with E-state index in [2.05, 4.69) is 163 Å². The highest BCUT2D eigenvalue weighted by molar-refractivity contribution is 7.74. The smallest absolute Gasteiger partial charge is 0.00946 e. The second kappa shape index (κ2) is 18.7. The van der Waals surface area contributed by atoms with Gasteiger partial charge < -0.3 is 0 Å². The third-order valence-corrected chi connectivity index (χ3v) is 18.3. The summed E-state index contributed by atoms with van der Waals surface area (Å²) in [5.74, 6) is 0.512. The molecule has 0 aromatic heterocycles. The van der Waals surface area contributed by atoms with E-state index in [9.17, 15) is 0 Å². The van der Waals surface area contributed by atoms with E-state index in [0.717, 1.165) is 51.4 Å². The molecule has 0 bridgehead atoms. The summed E-state index contributed by atoms with van der Waals surface area (Å²) in [5.41, 5.74) is 12.9. The molecule has 0 saturated heterocycles. The molecule has 4 aromatic carbocycles. The minimum Gasteiger partial charge on any atom is -0.0622 e. The molecule has 2 heteroatoms. The molecule has 0 saturated carbocycles. The maximum absolute atomic E-state index is 2.70. The molecule has 0 N–H and O–H groups in total. The van der Waals surface area contributed by atoms with E-state index < -0.39 is 15.8 Å². The lowest BCUT2D eigenvalue weighted by molar-refractivity contribution is 0.213. The molecule has 0 aliphatic rings. The van der Waals surface area contributed by atoms with Crippen molar-refractivity contribution in [3.63, 3.8) is 0 Å². The van der Waals surface area contributed by atoms with E-state index in [0.29, 0.717) is 17.2 Å². The van der Waals surface area contributed by atoms with Crippen LogP contribution in [0.15, 0.2) is 72.8 Å². The topological polar surface area (TPSA) is 0 Å². The third-order valence-electron chi connectivity index (χ3n) is 12.3. The van der Waals surface area contributed by atoms with E-state index >= 15 is 0 Å². The Bertz CT molecular complexity index is 1410. The van der Waals surface area contributed by atoms with Crippen LogP contribution in [0.1, 0.15) is 135 Å². The minimum atomic E-state index is -0.642. The standard InChI is InChI=1S/C49H70P2/c1-14-37-22-38(15-2)27-45(26-37)50(46-28-39(16-3)23-40(17-4)29-46)35(11)49(13,34(9)10)36(12)51(47-30-41(18-5)24-42(19-6)31-47)48-32-43(20-7)25-44(21-8)33-48/h22-36H,14-21H2,1-13H3. The summed E-state index contributed by atoms with van der Waals surface area (Å²) in [7, 11) is -1.28. The average molecular weight is 721 g/mol. The second-order valence-corrected chi connectivity index (χ2v) is 20.6. The van der Waals surface area contributed by atoms with Crippen molar-refractivity contribution in [1.29, 1.82) is 0 Å². The molecule has 276 valence electrons. The van der Waals surface area contributed by atoms with Crippen LogP contribution in [0.4, 0.5) is 0 Å². The van der Waals surface area contributed by atoms with Crippen molar-refractivity contribution >= 4 is 37.1 Å². The van der Waals surface area contributed by atoms with E-state index in [1.807, 2.05) is 0 Å². The molecule has 2 atom stereocenters. The monoisotopic (exact) mass is 720 g/mol. The Morgan fingerprint density at radius 1 is 0.353 bits per heavy atom. The van der Waals surface area contributed by atoms with Crippen molar-refractivity contribution in [3.05, 3.63) is 117 Å². The summed E-state index contributed by atoms with van der Waals surface area (Å²) >= 11 is 0. The van der Waals surface area contributed by atoms with Crippen LogP contribution >= 0.6 is 15.8 Å². The molecule has 0 nitrogen and oxygen atoms in total. The molecule has 0 radical (unpaired) electrons. The van der Waals surface area contributed by atoms with Gasteiger partial charge in [0.25, 0.3) is 0 Å². The SMILES string of the molecule is CCc1cc(CC)cc(P(c2cc(CC)cc(CC)c2)C(C)C(C)(C(C)C)C(C)P(c2cc(CC)cc(CC)c2)c2cc(CC)cc(CC)c2)c1. The van der Waals surface area contributed by atoms with E-state index in [4.69, 9.17) is 0 Å². The van der Waals surface area contributed by atoms with Crippen LogP contribution in [0.2, 0.25) is 0 Å². The molecule has 0 fully saturated rings. The second-order valence-electron chi connectivity index (χ2n) is 15.5. The van der Waals surface area contributed by atoms with E-state index in [-0.39, 0.29) is 5.41 Å². The Morgan fingerprint density at radius 2 is 0.529 bits per heavy atom. The van der Waals surface area contributed by atoms with Gasteiger partial charge in [-0.05, 0) is 156 Å². The fourth-order valence-corrected chi connectivity index (χ4v) is 15.3. The van der Waals surface area contributed by atoms with E-state index in [1.165, 1.54) is 44.5 Å². The van der Waals surface area contributed by atoms with Gasteiger partial charge in [0.1, 0.15) is 0 Å². The van der Waals surface area contributed by atoms with Gasteiger partial charge in [0.05, 0.1) is 0 Å². The summed E-state index contributed by atoms with van der Waals surface area (Å²) in [5, 5.41) is 6.31. The fraction of sp³-hybridized carbons (Fsp3) is 0.510. The fourth-order valence-electron chi connectivity index (χ4n) is 8.22. The van der Waals surface area contributed by atoms with E-state index in [1.54, 1.807) is 21.2 Å². The van der Waals surface area contributed by atoms with Crippen molar-refractivity contribution < 1.29 is 0 Å². The van der Waals surface area contributed by atoms with Gasteiger partial charge in [0.2, 0.25) is 0 Å². The van der Waals surface area contributed by atoms with Crippen LogP contribution in [0.5, 0.6) is 0 Å². The first-order valence-corrected chi connectivity index (χ1v) is 23.3. The zero-order chi connectivity index (χ0) is 37.5. The van der Waals surface area contributed by atoms with Gasteiger partial charge in [-0.1, -0.05) is 163 Å². The van der Waals surface area contributed by atoms with Gasteiger partial charge in [-0.3, -0.25) is 0 Å². The number of rotatable bonds is 17. The van der Waals surface area contributed by atoms with Crippen molar-refractivity contribution in [1.82, 2.24) is 0 Å². The minimum absolute atomic E-state index is 0.0732. The Balaban J connectivity index is 2.05. The van der Waals surface area contributed by atoms with Gasteiger partial charge in [-0.15, -0.1) is 0 Å². The third kappa shape index (κ3) is 9.28. The molecule has 2 unspecified atom stereocenters. The lowest BCUT2D eigenvalue weighted by atomic mass is 9.74. The Labute approximate surface area is 317 Å². The molecular weight excluding hydrogens is 650 g/mol. The van der Waals surface area contributed by atoms with Crippen molar-refractivity contribution in [2.24, 2.45) is 11.3 Å². The Morgan fingerprint density at radius 3 is 0.667 bits per heavy atom. The Hall–Kier alpha value is -2.26. The van der Waals surface area contributed by atoms with Crippen LogP contribution in [-0.2, 0) is 51.4 Å². The number of hydrogen-bond donors (Lipinski definition) is 0. The largest absolute Gasteiger partial charge is 0.0622 e. The maximum atomic E-state index is 2.70. The average Bonchev–Trinajstić information content (AvgIpc) is 3.16. The van der Waals surface area contributed by atoms with Crippen molar-refractivity contribution in [2.45, 2.75) is 153 Å². The zero-order valence-corrected chi connectivity index (χ0v) is 36.5. The molecule has 0 amide bonds. The predicted octanol–water partition coefficient (Wildman–Crippen LogP) is 12.2. The highest BCUT2D eigenvalue weighted by Crippen LogP contribution is 2.59. The number of hydrogen-bond acceptors (Lipinski definition) is 0. The summed E-state index contributed by atoms with van der Waals surface area (Å²) in [4.78, 5) is 0. The molecule has 4 rings (SSSR count). The summed E-state index contributed by atoms with van der Waals surface area (Å²) in [6.45, 7) is 31.7. The van der Waals surface area contributed by atoms with Crippen LogP contribution in [0, 0.1) is 11.3 Å². The highest BCUT2D eigenvalue weighted by atomic mass is 31.1. The number of benzene rings is 4. The first-order valence-electron chi connectivity index (χ1n) is 20.5. The highest BCUT2D eigenvalue weighted by Gasteiger charge is 2.47. The molecular formula is C49H70P2. The summed E-state index contributed by atoms with van der Waals surface area (Å²) < 4.78 is 0. The van der Waals surface area contributed by atoms with Gasteiger partial charge in [0, 0.05) is 0 Å². The van der Waals surface area contributed by atoms with Crippen molar-refractivity contribution in [2.75, 3.05) is 0 Å². The summed E-state index contributed by atoms with van der Waals surface area (Å²) in [6, 6.07) is 30.6. The van der Waals surface area contributed by atoms with Gasteiger partial charge >= 0.3 is 0 Å². The maximum Gasteiger partial charge on any atom is -0.00946 e. The summed E-state index contributed by atoms with van der Waals surface area (Å²) in [6.07, 6.45) is 8.65. The first-order chi connectivity index (χ1) is 24.4. The molecule has 0 heterocycles. The normalized spacial score (nSPS) is 14.4. The zero-order valence-electron chi connectivity index (χ0n) is 34.7. The van der Waals surface area contributed by atoms with Crippen LogP contribution < -0.4 is 21.2 Å². The number of aryl methyl sites for hydroxylation is 8. The molecule has 0 spiro atoms. The molecule has 0 aliphatic heterocycles. The molecule has 0 aliphatic carbocycles. The Kier molecular flexibility index (Phi) is 15.2. The van der Waals surface area contributed by atoms with Gasteiger partial charge in [0.15, 0.2) is 0 Å². The quantitative estimate of drug-likeness (QED) is 0.0953. The lowest BCUT2D eigenvalue weighted by Gasteiger charge is -2.50. The predicted molar refractivity (Wildman–Crippen MR) is 235 cm³/mol. The van der Waals surface area contributed by atoms with Crippen molar-refractivity contribution in [3.8, 4) is 0 Å². The van der Waals surface area contributed by atoms with Crippen LogP contribution in [0.25, 0.3) is 0 Å². The van der Waals surface area contributed by atoms with Gasteiger partial charge in [-0.2, -0.15) is 0 Å². The lowest BCUT2D eigenvalue weighted by Crippen LogP contribution is -2.47. The van der Waals surface area contributed by atoms with Gasteiger partial charge in [-0.25, -0.2) is 0 Å². The van der Waals surface area contributed by atoms with Crippen LogP contribution in [0.3, 0.4) is 0 Å².